The highest BCUT2D eigenvalue weighted by Gasteiger charge is 2.11. The van der Waals surface area contributed by atoms with Gasteiger partial charge in [0.1, 0.15) is 5.82 Å². The van der Waals surface area contributed by atoms with Gasteiger partial charge in [-0.2, -0.15) is 0 Å². The van der Waals surface area contributed by atoms with Gasteiger partial charge in [-0.3, -0.25) is 4.79 Å². The lowest BCUT2D eigenvalue weighted by molar-refractivity contribution is -0.110. The summed E-state index contributed by atoms with van der Waals surface area (Å²) < 4.78 is 13.2. The molecule has 0 fully saturated rings. The van der Waals surface area contributed by atoms with Crippen LogP contribution in [0.4, 0.5) is 4.39 Å². The van der Waals surface area contributed by atoms with Gasteiger partial charge in [0, 0.05) is 5.56 Å². The van der Waals surface area contributed by atoms with E-state index < -0.39 is 5.82 Å². The average molecular weight is 312 g/mol. The van der Waals surface area contributed by atoms with Crippen LogP contribution in [0, 0.1) is 5.82 Å². The molecular weight excluding hydrogens is 300 g/mol. The van der Waals surface area contributed by atoms with Crippen molar-refractivity contribution in [2.24, 2.45) is 0 Å². The average Bonchev–Trinajstić information content (AvgIpc) is 2.38. The van der Waals surface area contributed by atoms with Gasteiger partial charge in [0.05, 0.1) is 16.1 Å². The van der Waals surface area contributed by atoms with Crippen LogP contribution in [0.25, 0.3) is 11.1 Å². The van der Waals surface area contributed by atoms with E-state index >= 15 is 0 Å². The van der Waals surface area contributed by atoms with E-state index in [1.165, 1.54) is 12.1 Å². The summed E-state index contributed by atoms with van der Waals surface area (Å²) in [7, 11) is 0. The van der Waals surface area contributed by atoms with Gasteiger partial charge < -0.3 is 5.32 Å². The van der Waals surface area contributed by atoms with Crippen LogP contribution < -0.4 is 5.32 Å². The third-order valence-electron chi connectivity index (χ3n) is 3.02. The molecule has 0 radical (unpaired) electrons. The molecule has 0 saturated carbocycles. The van der Waals surface area contributed by atoms with Crippen LogP contribution in [0.15, 0.2) is 36.4 Å². The number of hydrogen-bond donors (Lipinski definition) is 1. The Hall–Kier alpha value is -1.58. The van der Waals surface area contributed by atoms with Crippen LogP contribution in [-0.4, -0.2) is 6.41 Å². The summed E-state index contributed by atoms with van der Waals surface area (Å²) in [6.07, 6.45) is 0.659. The Morgan fingerprint density at radius 3 is 2.20 bits per heavy atom. The van der Waals surface area contributed by atoms with Crippen molar-refractivity contribution >= 4 is 29.6 Å². The number of amides is 1. The Kier molecular flexibility index (Phi) is 4.63. The molecule has 0 aliphatic heterocycles. The first-order valence-corrected chi connectivity index (χ1v) is 6.73. The highest BCUT2D eigenvalue weighted by Crippen LogP contribution is 2.35. The van der Waals surface area contributed by atoms with E-state index in [0.29, 0.717) is 12.0 Å². The topological polar surface area (TPSA) is 29.1 Å². The maximum absolute atomic E-state index is 13.2. The number of halogens is 3. The molecule has 2 aromatic carbocycles. The van der Waals surface area contributed by atoms with Crippen molar-refractivity contribution in [2.45, 2.75) is 13.0 Å². The molecule has 1 atom stereocenters. The third kappa shape index (κ3) is 3.11. The van der Waals surface area contributed by atoms with E-state index in [2.05, 4.69) is 5.32 Å². The lowest BCUT2D eigenvalue weighted by Gasteiger charge is -2.12. The summed E-state index contributed by atoms with van der Waals surface area (Å²) in [4.78, 5) is 10.4. The van der Waals surface area contributed by atoms with Crippen molar-refractivity contribution in [3.8, 4) is 11.1 Å². The molecule has 1 unspecified atom stereocenters. The molecule has 0 bridgehead atoms. The monoisotopic (exact) mass is 311 g/mol. The van der Waals surface area contributed by atoms with Crippen LogP contribution >= 0.6 is 23.2 Å². The maximum atomic E-state index is 13.2. The van der Waals surface area contributed by atoms with Gasteiger partial charge in [0.25, 0.3) is 0 Å². The molecule has 1 amide bonds. The lowest BCUT2D eigenvalue weighted by Crippen LogP contribution is -2.15. The second-order valence-electron chi connectivity index (χ2n) is 4.37. The lowest BCUT2D eigenvalue weighted by atomic mass is 10.0. The Bertz CT molecular complexity index is 605. The molecule has 2 nitrogen and oxygen atoms in total. The molecular formula is C15H12Cl2FNO. The minimum atomic E-state index is -0.468. The van der Waals surface area contributed by atoms with E-state index in [1.807, 2.05) is 31.2 Å². The minimum Gasteiger partial charge on any atom is -0.352 e. The van der Waals surface area contributed by atoms with Crippen molar-refractivity contribution in [1.82, 2.24) is 5.32 Å². The Balaban J connectivity index is 2.38. The van der Waals surface area contributed by atoms with E-state index in [9.17, 15) is 9.18 Å². The normalized spacial score (nSPS) is 12.0. The molecule has 1 N–H and O–H groups in total. The van der Waals surface area contributed by atoms with E-state index in [-0.39, 0.29) is 16.1 Å². The molecule has 0 aliphatic carbocycles. The van der Waals surface area contributed by atoms with Gasteiger partial charge in [-0.1, -0.05) is 47.5 Å². The van der Waals surface area contributed by atoms with E-state index in [1.54, 1.807) is 0 Å². The summed E-state index contributed by atoms with van der Waals surface area (Å²) in [5.41, 5.74) is 2.34. The fourth-order valence-corrected chi connectivity index (χ4v) is 2.63. The summed E-state index contributed by atoms with van der Waals surface area (Å²) in [6, 6.07) is 9.78. The standard InChI is InChI=1S/C15H12Cl2FNO/c1-9(19-8-20)10-2-4-11(5-3-10)15-13(16)6-12(18)7-14(15)17/h2-9H,1H3,(H,19,20). The van der Waals surface area contributed by atoms with Gasteiger partial charge in [-0.15, -0.1) is 0 Å². The number of nitrogens with one attached hydrogen (secondary N) is 1. The largest absolute Gasteiger partial charge is 0.352 e. The summed E-state index contributed by atoms with van der Waals surface area (Å²) in [5, 5.41) is 3.20. The van der Waals surface area contributed by atoms with E-state index in [0.717, 1.165) is 11.1 Å². The molecule has 104 valence electrons. The Labute approximate surface area is 126 Å². The van der Waals surface area contributed by atoms with Crippen molar-refractivity contribution in [3.05, 3.63) is 57.8 Å². The number of carbonyl (C=O) groups excluding carboxylic acids is 1. The molecule has 0 saturated heterocycles. The number of benzene rings is 2. The zero-order valence-corrected chi connectivity index (χ0v) is 12.2. The molecule has 0 spiro atoms. The molecule has 0 aromatic heterocycles. The molecule has 5 heteroatoms. The maximum Gasteiger partial charge on any atom is 0.207 e. The molecule has 2 rings (SSSR count). The van der Waals surface area contributed by atoms with Crippen molar-refractivity contribution in [3.63, 3.8) is 0 Å². The Morgan fingerprint density at radius 2 is 1.70 bits per heavy atom. The highest BCUT2D eigenvalue weighted by molar-refractivity contribution is 6.39. The van der Waals surface area contributed by atoms with Crippen LogP contribution in [-0.2, 0) is 4.79 Å². The van der Waals surface area contributed by atoms with Crippen LogP contribution in [0.3, 0.4) is 0 Å². The minimum absolute atomic E-state index is 0.0827. The first-order chi connectivity index (χ1) is 9.52. The van der Waals surface area contributed by atoms with Crippen molar-refractivity contribution < 1.29 is 9.18 Å². The molecule has 0 aliphatic rings. The van der Waals surface area contributed by atoms with Crippen molar-refractivity contribution in [2.75, 3.05) is 0 Å². The SMILES string of the molecule is CC(NC=O)c1ccc(-c2c(Cl)cc(F)cc2Cl)cc1. The van der Waals surface area contributed by atoms with Gasteiger partial charge in [-0.05, 0) is 30.2 Å². The van der Waals surface area contributed by atoms with Gasteiger partial charge >= 0.3 is 0 Å². The second kappa shape index (κ2) is 6.25. The van der Waals surface area contributed by atoms with Gasteiger partial charge in [-0.25, -0.2) is 4.39 Å². The van der Waals surface area contributed by atoms with Crippen LogP contribution in [0.5, 0.6) is 0 Å². The third-order valence-corrected chi connectivity index (χ3v) is 3.62. The van der Waals surface area contributed by atoms with Crippen molar-refractivity contribution in [1.29, 1.82) is 0 Å². The first kappa shape index (κ1) is 14.8. The fraction of sp³-hybridized carbons (Fsp3) is 0.133. The highest BCUT2D eigenvalue weighted by atomic mass is 35.5. The van der Waals surface area contributed by atoms with Gasteiger partial charge in [0.2, 0.25) is 6.41 Å². The first-order valence-electron chi connectivity index (χ1n) is 5.97. The summed E-state index contributed by atoms with van der Waals surface area (Å²) in [6.45, 7) is 1.88. The van der Waals surface area contributed by atoms with E-state index in [4.69, 9.17) is 23.2 Å². The molecule has 20 heavy (non-hydrogen) atoms. The van der Waals surface area contributed by atoms with Gasteiger partial charge in [0.15, 0.2) is 0 Å². The zero-order valence-electron chi connectivity index (χ0n) is 10.7. The number of carbonyl (C=O) groups is 1. The predicted molar refractivity (Wildman–Crippen MR) is 79.5 cm³/mol. The zero-order chi connectivity index (χ0) is 14.7. The fourth-order valence-electron chi connectivity index (χ4n) is 1.95. The van der Waals surface area contributed by atoms with Crippen LogP contribution in [0.1, 0.15) is 18.5 Å². The number of hydrogen-bond acceptors (Lipinski definition) is 1. The molecule has 0 heterocycles. The Morgan fingerprint density at radius 1 is 1.15 bits per heavy atom. The quantitative estimate of drug-likeness (QED) is 0.821. The number of rotatable bonds is 4. The summed E-state index contributed by atoms with van der Waals surface area (Å²) >= 11 is 12.1. The predicted octanol–water partition coefficient (Wildman–Crippen LogP) is 4.61. The molecule has 2 aromatic rings. The smallest absolute Gasteiger partial charge is 0.207 e. The van der Waals surface area contributed by atoms with Crippen LogP contribution in [0.2, 0.25) is 10.0 Å². The summed E-state index contributed by atoms with van der Waals surface area (Å²) in [5.74, 6) is -0.468. The second-order valence-corrected chi connectivity index (χ2v) is 5.19.